The maximum absolute atomic E-state index is 9.30. The van der Waals surface area contributed by atoms with Crippen molar-refractivity contribution in [3.63, 3.8) is 0 Å². The first-order valence-corrected chi connectivity index (χ1v) is 6.23. The van der Waals surface area contributed by atoms with E-state index in [-0.39, 0.29) is 6.61 Å². The molecule has 1 N–H and O–H groups in total. The molecule has 0 heterocycles. The summed E-state index contributed by atoms with van der Waals surface area (Å²) in [6.07, 6.45) is 0. The first kappa shape index (κ1) is 12.7. The van der Waals surface area contributed by atoms with Crippen molar-refractivity contribution < 1.29 is 5.11 Å². The maximum Gasteiger partial charge on any atom is 0.0610 e. The molecule has 0 bridgehead atoms. The predicted octanol–water partition coefficient (Wildman–Crippen LogP) is 3.43. The Labute approximate surface area is 109 Å². The summed E-state index contributed by atoms with van der Waals surface area (Å²) < 4.78 is 0. The lowest BCUT2D eigenvalue weighted by molar-refractivity contribution is 0.305. The van der Waals surface area contributed by atoms with Gasteiger partial charge in [-0.2, -0.15) is 0 Å². The summed E-state index contributed by atoms with van der Waals surface area (Å²) in [5.74, 6) is 0. The number of para-hydroxylation sites is 2. The van der Waals surface area contributed by atoms with E-state index in [1.54, 1.807) is 0 Å². The second-order valence-corrected chi connectivity index (χ2v) is 4.45. The number of hydrogen-bond acceptors (Lipinski definition) is 2. The predicted molar refractivity (Wildman–Crippen MR) is 76.4 cm³/mol. The third-order valence-corrected chi connectivity index (χ3v) is 3.14. The van der Waals surface area contributed by atoms with Crippen LogP contribution in [0.5, 0.6) is 0 Å². The summed E-state index contributed by atoms with van der Waals surface area (Å²) in [5.41, 5.74) is 4.74. The van der Waals surface area contributed by atoms with E-state index in [0.29, 0.717) is 6.54 Å². The Balaban J connectivity index is 2.47. The maximum atomic E-state index is 9.30. The Morgan fingerprint density at radius 3 is 1.67 bits per heavy atom. The van der Waals surface area contributed by atoms with Crippen LogP contribution in [0.3, 0.4) is 0 Å². The van der Waals surface area contributed by atoms with Gasteiger partial charge >= 0.3 is 0 Å². The Morgan fingerprint density at radius 2 is 1.28 bits per heavy atom. The third kappa shape index (κ3) is 2.54. The highest BCUT2D eigenvalue weighted by atomic mass is 16.3. The van der Waals surface area contributed by atoms with Gasteiger partial charge < -0.3 is 10.0 Å². The molecular weight excluding hydrogens is 222 g/mol. The summed E-state index contributed by atoms with van der Waals surface area (Å²) in [6, 6.07) is 16.5. The van der Waals surface area contributed by atoms with E-state index in [2.05, 4.69) is 43.0 Å². The van der Waals surface area contributed by atoms with Crippen molar-refractivity contribution in [2.24, 2.45) is 0 Å². The summed E-state index contributed by atoms with van der Waals surface area (Å²) in [5, 5.41) is 9.30. The molecule has 2 aromatic carbocycles. The molecular formula is C16H19NO. The molecule has 0 amide bonds. The molecule has 0 unspecified atom stereocenters. The van der Waals surface area contributed by atoms with Gasteiger partial charge in [-0.3, -0.25) is 0 Å². The van der Waals surface area contributed by atoms with Crippen molar-refractivity contribution in [1.82, 2.24) is 0 Å². The van der Waals surface area contributed by atoms with Gasteiger partial charge in [0.05, 0.1) is 6.61 Å². The lowest BCUT2D eigenvalue weighted by atomic mass is 10.1. The van der Waals surface area contributed by atoms with Crippen LogP contribution in [0.25, 0.3) is 0 Å². The molecule has 2 nitrogen and oxygen atoms in total. The molecule has 0 aliphatic heterocycles. The van der Waals surface area contributed by atoms with Gasteiger partial charge in [-0.05, 0) is 37.1 Å². The molecule has 0 aromatic heterocycles. The van der Waals surface area contributed by atoms with Crippen LogP contribution in [-0.4, -0.2) is 18.3 Å². The van der Waals surface area contributed by atoms with Gasteiger partial charge in [0.15, 0.2) is 0 Å². The van der Waals surface area contributed by atoms with Crippen LogP contribution in [-0.2, 0) is 0 Å². The quantitative estimate of drug-likeness (QED) is 0.886. The number of aliphatic hydroxyl groups is 1. The zero-order chi connectivity index (χ0) is 13.0. The molecule has 0 atom stereocenters. The number of aliphatic hydroxyl groups excluding tert-OH is 1. The van der Waals surface area contributed by atoms with Crippen molar-refractivity contribution >= 4 is 11.4 Å². The highest BCUT2D eigenvalue weighted by molar-refractivity contribution is 5.68. The molecule has 18 heavy (non-hydrogen) atoms. The molecule has 94 valence electrons. The Hall–Kier alpha value is -1.80. The van der Waals surface area contributed by atoms with Crippen molar-refractivity contribution in [2.45, 2.75) is 13.8 Å². The molecule has 0 saturated carbocycles. The summed E-state index contributed by atoms with van der Waals surface area (Å²) in [7, 11) is 0. The summed E-state index contributed by atoms with van der Waals surface area (Å²) in [6.45, 7) is 4.94. The second kappa shape index (κ2) is 5.69. The van der Waals surface area contributed by atoms with E-state index in [9.17, 15) is 5.11 Å². The summed E-state index contributed by atoms with van der Waals surface area (Å²) in [4.78, 5) is 2.17. The average molecular weight is 241 g/mol. The van der Waals surface area contributed by atoms with Crippen molar-refractivity contribution in [1.29, 1.82) is 0 Å². The van der Waals surface area contributed by atoms with Crippen LogP contribution in [0.1, 0.15) is 11.1 Å². The first-order chi connectivity index (χ1) is 8.74. The zero-order valence-corrected chi connectivity index (χ0v) is 10.9. The van der Waals surface area contributed by atoms with E-state index in [0.717, 1.165) is 11.4 Å². The average Bonchev–Trinajstić information content (AvgIpc) is 2.38. The normalized spacial score (nSPS) is 10.4. The molecule has 0 fully saturated rings. The number of nitrogens with zero attached hydrogens (tertiary/aromatic N) is 1. The largest absolute Gasteiger partial charge is 0.395 e. The monoisotopic (exact) mass is 241 g/mol. The van der Waals surface area contributed by atoms with Gasteiger partial charge in [0.2, 0.25) is 0 Å². The van der Waals surface area contributed by atoms with Crippen molar-refractivity contribution in [2.75, 3.05) is 18.1 Å². The minimum Gasteiger partial charge on any atom is -0.395 e. The van der Waals surface area contributed by atoms with Gasteiger partial charge in [0.1, 0.15) is 0 Å². The third-order valence-electron chi connectivity index (χ3n) is 3.14. The number of anilines is 2. The standard InChI is InChI=1S/C16H19NO/c1-13-7-3-5-9-15(13)17(11-12-18)16-10-6-4-8-14(16)2/h3-10,18H,11-12H2,1-2H3. The lowest BCUT2D eigenvalue weighted by Gasteiger charge is -2.27. The molecule has 0 spiro atoms. The fraction of sp³-hybridized carbons (Fsp3) is 0.250. The molecule has 0 aliphatic carbocycles. The van der Waals surface area contributed by atoms with E-state index in [1.165, 1.54) is 11.1 Å². The van der Waals surface area contributed by atoms with Gasteiger partial charge in [-0.25, -0.2) is 0 Å². The molecule has 0 saturated heterocycles. The molecule has 2 aromatic rings. The Bertz CT molecular complexity index is 477. The van der Waals surface area contributed by atoms with Crippen molar-refractivity contribution in [3.05, 3.63) is 59.7 Å². The van der Waals surface area contributed by atoms with E-state index < -0.39 is 0 Å². The van der Waals surface area contributed by atoms with Gasteiger partial charge in [-0.1, -0.05) is 36.4 Å². The number of hydrogen-bond donors (Lipinski definition) is 1. The zero-order valence-electron chi connectivity index (χ0n) is 10.9. The van der Waals surface area contributed by atoms with Gasteiger partial charge in [0.25, 0.3) is 0 Å². The molecule has 2 heteroatoms. The Morgan fingerprint density at radius 1 is 0.833 bits per heavy atom. The SMILES string of the molecule is Cc1ccccc1N(CCO)c1ccccc1C. The fourth-order valence-electron chi connectivity index (χ4n) is 2.20. The van der Waals surface area contributed by atoms with Gasteiger partial charge in [-0.15, -0.1) is 0 Å². The highest BCUT2D eigenvalue weighted by Crippen LogP contribution is 2.30. The van der Waals surface area contributed by atoms with Crippen molar-refractivity contribution in [3.8, 4) is 0 Å². The van der Waals surface area contributed by atoms with Crippen LogP contribution >= 0.6 is 0 Å². The van der Waals surface area contributed by atoms with Crippen LogP contribution in [0, 0.1) is 13.8 Å². The van der Waals surface area contributed by atoms with Gasteiger partial charge in [0, 0.05) is 17.9 Å². The highest BCUT2D eigenvalue weighted by Gasteiger charge is 2.12. The smallest absolute Gasteiger partial charge is 0.0610 e. The fourth-order valence-corrected chi connectivity index (χ4v) is 2.20. The van der Waals surface area contributed by atoms with Crippen LogP contribution in [0.2, 0.25) is 0 Å². The molecule has 0 radical (unpaired) electrons. The van der Waals surface area contributed by atoms with Crippen LogP contribution in [0.4, 0.5) is 11.4 Å². The van der Waals surface area contributed by atoms with Crippen LogP contribution < -0.4 is 4.90 Å². The van der Waals surface area contributed by atoms with E-state index >= 15 is 0 Å². The number of rotatable bonds is 4. The topological polar surface area (TPSA) is 23.5 Å². The second-order valence-electron chi connectivity index (χ2n) is 4.45. The van der Waals surface area contributed by atoms with E-state index in [4.69, 9.17) is 0 Å². The number of benzene rings is 2. The number of aryl methyl sites for hydroxylation is 2. The molecule has 2 rings (SSSR count). The van der Waals surface area contributed by atoms with E-state index in [1.807, 2.05) is 24.3 Å². The lowest BCUT2D eigenvalue weighted by Crippen LogP contribution is -2.22. The first-order valence-electron chi connectivity index (χ1n) is 6.23. The van der Waals surface area contributed by atoms with Crippen LogP contribution in [0.15, 0.2) is 48.5 Å². The molecule has 0 aliphatic rings. The minimum absolute atomic E-state index is 0.142. The minimum atomic E-state index is 0.142. The summed E-state index contributed by atoms with van der Waals surface area (Å²) >= 11 is 0. The Kier molecular flexibility index (Phi) is 4.00.